The zero-order chi connectivity index (χ0) is 14.2. The number of hydrogen-bond donors (Lipinski definition) is 1. The van der Waals surface area contributed by atoms with Gasteiger partial charge in [-0.25, -0.2) is 0 Å². The van der Waals surface area contributed by atoms with Crippen molar-refractivity contribution in [2.45, 2.75) is 32.7 Å². The standard InChI is InChI=1S/C17H24N2O/c1-17(2)7-9-19(10-8-17)14(12-18)16-11-13-5-3-4-6-15(13)20-16/h3-6,11,14H,7-10,12,18H2,1-2H3. The highest BCUT2D eigenvalue weighted by Gasteiger charge is 2.30. The lowest BCUT2D eigenvalue weighted by Gasteiger charge is -2.40. The maximum absolute atomic E-state index is 6.02. The summed E-state index contributed by atoms with van der Waals surface area (Å²) in [5.74, 6) is 1.01. The Morgan fingerprint density at radius 1 is 1.25 bits per heavy atom. The highest BCUT2D eigenvalue weighted by atomic mass is 16.3. The number of nitrogens with zero attached hydrogens (tertiary/aromatic N) is 1. The lowest BCUT2D eigenvalue weighted by molar-refractivity contribution is 0.0878. The molecule has 1 saturated heterocycles. The smallest absolute Gasteiger partial charge is 0.134 e. The molecule has 108 valence electrons. The number of piperidine rings is 1. The lowest BCUT2D eigenvalue weighted by Crippen LogP contribution is -2.42. The van der Waals surface area contributed by atoms with Gasteiger partial charge in [-0.15, -0.1) is 0 Å². The Hall–Kier alpha value is -1.32. The summed E-state index contributed by atoms with van der Waals surface area (Å²) in [4.78, 5) is 2.48. The van der Waals surface area contributed by atoms with Crippen molar-refractivity contribution in [2.24, 2.45) is 11.1 Å². The van der Waals surface area contributed by atoms with E-state index in [1.54, 1.807) is 0 Å². The normalized spacial score (nSPS) is 21.1. The number of furan rings is 1. The highest BCUT2D eigenvalue weighted by Crippen LogP contribution is 2.34. The quantitative estimate of drug-likeness (QED) is 0.929. The predicted octanol–water partition coefficient (Wildman–Crippen LogP) is 3.55. The topological polar surface area (TPSA) is 42.4 Å². The van der Waals surface area contributed by atoms with E-state index in [0.29, 0.717) is 12.0 Å². The first-order valence-electron chi connectivity index (χ1n) is 7.52. The van der Waals surface area contributed by atoms with Gasteiger partial charge >= 0.3 is 0 Å². The van der Waals surface area contributed by atoms with E-state index in [0.717, 1.165) is 24.4 Å². The van der Waals surface area contributed by atoms with E-state index < -0.39 is 0 Å². The van der Waals surface area contributed by atoms with Gasteiger partial charge in [0.15, 0.2) is 0 Å². The summed E-state index contributed by atoms with van der Waals surface area (Å²) in [6, 6.07) is 10.5. The molecular weight excluding hydrogens is 248 g/mol. The number of hydrogen-bond acceptors (Lipinski definition) is 3. The summed E-state index contributed by atoms with van der Waals surface area (Å²) in [5, 5.41) is 1.17. The van der Waals surface area contributed by atoms with Crippen LogP contribution in [0.1, 0.15) is 38.5 Å². The van der Waals surface area contributed by atoms with Crippen LogP contribution in [0.15, 0.2) is 34.7 Å². The van der Waals surface area contributed by atoms with E-state index in [4.69, 9.17) is 10.2 Å². The number of benzene rings is 1. The summed E-state index contributed by atoms with van der Waals surface area (Å²) in [7, 11) is 0. The van der Waals surface area contributed by atoms with Crippen LogP contribution in [0.2, 0.25) is 0 Å². The Kier molecular flexibility index (Phi) is 3.57. The molecule has 0 spiro atoms. The molecule has 3 nitrogen and oxygen atoms in total. The zero-order valence-corrected chi connectivity index (χ0v) is 12.4. The third-order valence-corrected chi connectivity index (χ3v) is 4.59. The molecule has 2 aromatic rings. The SMILES string of the molecule is CC1(C)CCN(C(CN)c2cc3ccccc3o2)CC1. The molecule has 1 aromatic carbocycles. The van der Waals surface area contributed by atoms with Crippen LogP contribution >= 0.6 is 0 Å². The van der Waals surface area contributed by atoms with Crippen molar-refractivity contribution in [1.29, 1.82) is 0 Å². The first kappa shape index (κ1) is 13.7. The van der Waals surface area contributed by atoms with Gasteiger partial charge in [-0.3, -0.25) is 4.90 Å². The Labute approximate surface area is 120 Å². The Morgan fingerprint density at radius 2 is 1.95 bits per heavy atom. The fraction of sp³-hybridized carbons (Fsp3) is 0.529. The van der Waals surface area contributed by atoms with E-state index in [9.17, 15) is 0 Å². The lowest BCUT2D eigenvalue weighted by atomic mass is 9.82. The van der Waals surface area contributed by atoms with Crippen molar-refractivity contribution >= 4 is 11.0 Å². The van der Waals surface area contributed by atoms with Gasteiger partial charge in [-0.1, -0.05) is 32.0 Å². The van der Waals surface area contributed by atoms with Gasteiger partial charge < -0.3 is 10.2 Å². The Morgan fingerprint density at radius 3 is 2.60 bits per heavy atom. The Balaban J connectivity index is 1.82. The molecule has 20 heavy (non-hydrogen) atoms. The van der Waals surface area contributed by atoms with Crippen molar-refractivity contribution in [3.63, 3.8) is 0 Å². The van der Waals surface area contributed by atoms with Gasteiger partial charge in [0, 0.05) is 11.9 Å². The minimum Gasteiger partial charge on any atom is -0.459 e. The monoisotopic (exact) mass is 272 g/mol. The zero-order valence-electron chi connectivity index (χ0n) is 12.4. The van der Waals surface area contributed by atoms with E-state index in [1.165, 1.54) is 18.2 Å². The van der Waals surface area contributed by atoms with Gasteiger partial charge in [0.1, 0.15) is 11.3 Å². The first-order chi connectivity index (χ1) is 9.59. The maximum Gasteiger partial charge on any atom is 0.134 e. The average molecular weight is 272 g/mol. The Bertz CT molecular complexity index is 544. The second-order valence-electron chi connectivity index (χ2n) is 6.64. The van der Waals surface area contributed by atoms with Crippen molar-refractivity contribution in [3.05, 3.63) is 36.1 Å². The third-order valence-electron chi connectivity index (χ3n) is 4.59. The minimum absolute atomic E-state index is 0.207. The van der Waals surface area contributed by atoms with E-state index in [-0.39, 0.29) is 6.04 Å². The molecule has 2 heterocycles. The second-order valence-corrected chi connectivity index (χ2v) is 6.64. The van der Waals surface area contributed by atoms with Crippen molar-refractivity contribution < 1.29 is 4.42 Å². The van der Waals surface area contributed by atoms with Gasteiger partial charge in [0.2, 0.25) is 0 Å². The molecule has 1 aromatic heterocycles. The molecule has 0 radical (unpaired) electrons. The van der Waals surface area contributed by atoms with Gasteiger partial charge in [0.25, 0.3) is 0 Å². The van der Waals surface area contributed by atoms with Gasteiger partial charge in [0.05, 0.1) is 6.04 Å². The van der Waals surface area contributed by atoms with E-state index in [2.05, 4.69) is 30.9 Å². The minimum atomic E-state index is 0.207. The molecule has 1 fully saturated rings. The molecule has 0 amide bonds. The molecule has 1 unspecified atom stereocenters. The highest BCUT2D eigenvalue weighted by molar-refractivity contribution is 5.77. The number of nitrogens with two attached hydrogens (primary N) is 1. The summed E-state index contributed by atoms with van der Waals surface area (Å²) >= 11 is 0. The number of para-hydroxylation sites is 1. The fourth-order valence-electron chi connectivity index (χ4n) is 3.05. The molecule has 1 aliphatic rings. The number of likely N-dealkylation sites (tertiary alicyclic amines) is 1. The molecule has 2 N–H and O–H groups in total. The van der Waals surface area contributed by atoms with Crippen LogP contribution in [0.5, 0.6) is 0 Å². The van der Waals surface area contributed by atoms with Crippen LogP contribution in [0, 0.1) is 5.41 Å². The molecule has 1 aliphatic heterocycles. The summed E-state index contributed by atoms with van der Waals surface area (Å²) in [6.45, 7) is 7.52. The van der Waals surface area contributed by atoms with Crippen LogP contribution in [0.3, 0.4) is 0 Å². The summed E-state index contributed by atoms with van der Waals surface area (Å²) < 4.78 is 6.00. The molecule has 0 bridgehead atoms. The number of fused-ring (bicyclic) bond motifs is 1. The molecule has 0 saturated carbocycles. The van der Waals surface area contributed by atoms with Crippen LogP contribution < -0.4 is 5.73 Å². The second kappa shape index (κ2) is 5.23. The molecular formula is C17H24N2O. The molecule has 0 aliphatic carbocycles. The third kappa shape index (κ3) is 2.60. The van der Waals surface area contributed by atoms with Crippen molar-refractivity contribution in [2.75, 3.05) is 19.6 Å². The van der Waals surface area contributed by atoms with Crippen LogP contribution in [0.25, 0.3) is 11.0 Å². The van der Waals surface area contributed by atoms with Crippen molar-refractivity contribution in [3.8, 4) is 0 Å². The summed E-state index contributed by atoms with van der Waals surface area (Å²) in [6.07, 6.45) is 2.45. The van der Waals surface area contributed by atoms with Crippen molar-refractivity contribution in [1.82, 2.24) is 4.90 Å². The molecule has 3 rings (SSSR count). The van der Waals surface area contributed by atoms with E-state index in [1.807, 2.05) is 18.2 Å². The van der Waals surface area contributed by atoms with Gasteiger partial charge in [-0.2, -0.15) is 0 Å². The van der Waals surface area contributed by atoms with Crippen LogP contribution in [-0.4, -0.2) is 24.5 Å². The predicted molar refractivity (Wildman–Crippen MR) is 82.6 cm³/mol. The first-order valence-corrected chi connectivity index (χ1v) is 7.52. The average Bonchev–Trinajstić information content (AvgIpc) is 2.85. The number of rotatable bonds is 3. The van der Waals surface area contributed by atoms with E-state index >= 15 is 0 Å². The maximum atomic E-state index is 6.02. The fourth-order valence-corrected chi connectivity index (χ4v) is 3.05. The van der Waals surface area contributed by atoms with Crippen LogP contribution in [0.4, 0.5) is 0 Å². The molecule has 3 heteroatoms. The largest absolute Gasteiger partial charge is 0.459 e. The summed E-state index contributed by atoms with van der Waals surface area (Å²) in [5.41, 5.74) is 7.44. The molecule has 1 atom stereocenters. The van der Waals surface area contributed by atoms with Crippen LogP contribution in [-0.2, 0) is 0 Å². The van der Waals surface area contributed by atoms with Gasteiger partial charge in [-0.05, 0) is 43.5 Å².